The number of aliphatic carboxylic acids is 1. The number of benzene rings is 1. The predicted molar refractivity (Wildman–Crippen MR) is 97.1 cm³/mol. The molecular weight excluding hydrogens is 336 g/mol. The molecule has 0 saturated heterocycles. The van der Waals surface area contributed by atoms with E-state index in [0.29, 0.717) is 10.4 Å². The van der Waals surface area contributed by atoms with Crippen molar-refractivity contribution >= 4 is 29.3 Å². The maximum Gasteiger partial charge on any atom is 0.352 e. The number of nitrogens with zero attached hydrogens (tertiary/aromatic N) is 1. The highest BCUT2D eigenvalue weighted by Crippen LogP contribution is 2.27. The van der Waals surface area contributed by atoms with Gasteiger partial charge in [0, 0.05) is 16.6 Å². The molecule has 0 aliphatic rings. The quantitative estimate of drug-likeness (QED) is 0.688. The number of rotatable bonds is 5. The number of thiophene rings is 1. The number of hydrogen-bond acceptors (Lipinski definition) is 4. The van der Waals surface area contributed by atoms with Crippen molar-refractivity contribution in [1.82, 2.24) is 10.3 Å². The van der Waals surface area contributed by atoms with Gasteiger partial charge in [0.1, 0.15) is 5.70 Å². The summed E-state index contributed by atoms with van der Waals surface area (Å²) in [5, 5.41) is 11.8. The van der Waals surface area contributed by atoms with Crippen molar-refractivity contribution < 1.29 is 14.7 Å². The van der Waals surface area contributed by atoms with Gasteiger partial charge in [0.15, 0.2) is 0 Å². The first-order valence-electron chi connectivity index (χ1n) is 7.46. The van der Waals surface area contributed by atoms with Gasteiger partial charge in [-0.3, -0.25) is 9.78 Å². The molecule has 0 bridgehead atoms. The average Bonchev–Trinajstić information content (AvgIpc) is 3.11. The summed E-state index contributed by atoms with van der Waals surface area (Å²) in [5.41, 5.74) is 1.04. The van der Waals surface area contributed by atoms with Gasteiger partial charge >= 0.3 is 5.97 Å². The third-order valence-corrected chi connectivity index (χ3v) is 4.40. The molecular formula is C19H14N2O3S. The number of carbonyl (C=O) groups excluding carboxylic acids is 1. The topological polar surface area (TPSA) is 79.3 Å². The van der Waals surface area contributed by atoms with Crippen molar-refractivity contribution in [3.63, 3.8) is 0 Å². The van der Waals surface area contributed by atoms with Gasteiger partial charge in [0.2, 0.25) is 0 Å². The zero-order valence-corrected chi connectivity index (χ0v) is 13.9. The Morgan fingerprint density at radius 3 is 2.44 bits per heavy atom. The van der Waals surface area contributed by atoms with Crippen LogP contribution in [0.15, 0.2) is 72.6 Å². The highest BCUT2D eigenvalue weighted by molar-refractivity contribution is 7.16. The molecule has 3 rings (SSSR count). The van der Waals surface area contributed by atoms with E-state index in [9.17, 15) is 14.7 Å². The van der Waals surface area contributed by atoms with Gasteiger partial charge in [-0.25, -0.2) is 4.79 Å². The van der Waals surface area contributed by atoms with Crippen LogP contribution in [-0.4, -0.2) is 22.0 Å². The second kappa shape index (κ2) is 7.55. The van der Waals surface area contributed by atoms with E-state index in [-0.39, 0.29) is 5.70 Å². The average molecular weight is 350 g/mol. The van der Waals surface area contributed by atoms with Crippen molar-refractivity contribution in [3.8, 4) is 10.6 Å². The molecule has 1 aromatic carbocycles. The monoisotopic (exact) mass is 350 g/mol. The summed E-state index contributed by atoms with van der Waals surface area (Å²) in [6, 6.07) is 17.8. The molecule has 2 heterocycles. The number of pyridine rings is 1. The van der Waals surface area contributed by atoms with E-state index in [1.54, 1.807) is 42.6 Å². The Kier molecular flexibility index (Phi) is 5.01. The SMILES string of the molecule is O=C(O)/C(=C\c1ccc(-c2ccccn2)s1)NC(=O)c1ccccc1. The molecule has 5 nitrogen and oxygen atoms in total. The molecule has 2 aromatic heterocycles. The molecule has 0 unspecified atom stereocenters. The molecule has 0 aliphatic heterocycles. The zero-order valence-electron chi connectivity index (χ0n) is 13.0. The van der Waals surface area contributed by atoms with Gasteiger partial charge < -0.3 is 10.4 Å². The van der Waals surface area contributed by atoms with Crippen molar-refractivity contribution in [2.45, 2.75) is 0 Å². The van der Waals surface area contributed by atoms with Gasteiger partial charge in [-0.2, -0.15) is 0 Å². The maximum atomic E-state index is 12.2. The molecule has 0 fully saturated rings. The molecule has 0 spiro atoms. The summed E-state index contributed by atoms with van der Waals surface area (Å²) in [6.07, 6.45) is 3.15. The number of carboxylic acids is 1. The first-order valence-corrected chi connectivity index (χ1v) is 8.28. The maximum absolute atomic E-state index is 12.2. The van der Waals surface area contributed by atoms with Crippen molar-refractivity contribution in [2.24, 2.45) is 0 Å². The summed E-state index contributed by atoms with van der Waals surface area (Å²) in [4.78, 5) is 29.5. The van der Waals surface area contributed by atoms with E-state index in [1.165, 1.54) is 17.4 Å². The predicted octanol–water partition coefficient (Wildman–Crippen LogP) is 3.67. The van der Waals surface area contributed by atoms with E-state index in [2.05, 4.69) is 10.3 Å². The van der Waals surface area contributed by atoms with Crippen LogP contribution in [0.3, 0.4) is 0 Å². The minimum absolute atomic E-state index is 0.178. The van der Waals surface area contributed by atoms with E-state index in [1.807, 2.05) is 24.3 Å². The van der Waals surface area contributed by atoms with E-state index < -0.39 is 11.9 Å². The van der Waals surface area contributed by atoms with Crippen LogP contribution >= 0.6 is 11.3 Å². The molecule has 25 heavy (non-hydrogen) atoms. The van der Waals surface area contributed by atoms with E-state index in [4.69, 9.17) is 0 Å². The second-order valence-corrected chi connectivity index (χ2v) is 6.22. The lowest BCUT2D eigenvalue weighted by molar-refractivity contribution is -0.132. The number of hydrogen-bond donors (Lipinski definition) is 2. The van der Waals surface area contributed by atoms with E-state index >= 15 is 0 Å². The largest absolute Gasteiger partial charge is 0.477 e. The Morgan fingerprint density at radius 2 is 1.76 bits per heavy atom. The molecule has 0 atom stereocenters. The Bertz CT molecular complexity index is 918. The third-order valence-electron chi connectivity index (χ3n) is 3.35. The second-order valence-electron chi connectivity index (χ2n) is 5.10. The first kappa shape index (κ1) is 16.6. The van der Waals surface area contributed by atoms with Crippen LogP contribution < -0.4 is 5.32 Å². The number of carboxylic acid groups (broad SMARTS) is 1. The fourth-order valence-electron chi connectivity index (χ4n) is 2.15. The Morgan fingerprint density at radius 1 is 1.00 bits per heavy atom. The van der Waals surface area contributed by atoms with Gasteiger partial charge in [-0.05, 0) is 42.5 Å². The minimum atomic E-state index is -1.20. The molecule has 0 aliphatic carbocycles. The molecule has 6 heteroatoms. The number of carbonyl (C=O) groups is 2. The molecule has 1 amide bonds. The summed E-state index contributed by atoms with van der Waals surface area (Å²) in [6.45, 7) is 0. The lowest BCUT2D eigenvalue weighted by atomic mass is 10.2. The summed E-state index contributed by atoms with van der Waals surface area (Å²) < 4.78 is 0. The fraction of sp³-hybridized carbons (Fsp3) is 0. The minimum Gasteiger partial charge on any atom is -0.477 e. The fourth-order valence-corrected chi connectivity index (χ4v) is 3.08. The molecule has 0 saturated carbocycles. The summed E-state index contributed by atoms with van der Waals surface area (Å²) in [7, 11) is 0. The summed E-state index contributed by atoms with van der Waals surface area (Å²) >= 11 is 1.40. The van der Waals surface area contributed by atoms with Crippen molar-refractivity contribution in [2.75, 3.05) is 0 Å². The van der Waals surface area contributed by atoms with Gasteiger partial charge in [-0.15, -0.1) is 11.3 Å². The lowest BCUT2D eigenvalue weighted by Gasteiger charge is -2.05. The van der Waals surface area contributed by atoms with Gasteiger partial charge in [0.25, 0.3) is 5.91 Å². The highest BCUT2D eigenvalue weighted by Gasteiger charge is 2.14. The molecule has 2 N–H and O–H groups in total. The van der Waals surface area contributed by atoms with Crippen LogP contribution in [0.1, 0.15) is 15.2 Å². The normalized spacial score (nSPS) is 11.1. The standard InChI is InChI=1S/C19H14N2O3S/c22-18(13-6-2-1-3-7-13)21-16(19(23)24)12-14-9-10-17(25-14)15-8-4-5-11-20-15/h1-12H,(H,21,22)(H,23,24)/b16-12+. The molecule has 124 valence electrons. The van der Waals surface area contributed by atoms with Crippen LogP contribution in [0, 0.1) is 0 Å². The van der Waals surface area contributed by atoms with Gasteiger partial charge in [-0.1, -0.05) is 24.3 Å². The molecule has 3 aromatic rings. The Labute approximate surface area is 148 Å². The zero-order chi connectivity index (χ0) is 17.6. The third kappa shape index (κ3) is 4.19. The van der Waals surface area contributed by atoms with Gasteiger partial charge in [0.05, 0.1) is 10.6 Å². The molecule has 0 radical (unpaired) electrons. The first-order chi connectivity index (χ1) is 12.1. The van der Waals surface area contributed by atoms with Crippen molar-refractivity contribution in [1.29, 1.82) is 0 Å². The number of aromatic nitrogens is 1. The van der Waals surface area contributed by atoms with Crippen LogP contribution in [0.4, 0.5) is 0 Å². The highest BCUT2D eigenvalue weighted by atomic mass is 32.1. The van der Waals surface area contributed by atoms with Crippen molar-refractivity contribution in [3.05, 3.63) is 83.0 Å². The number of nitrogens with one attached hydrogen (secondary N) is 1. The smallest absolute Gasteiger partial charge is 0.352 e. The Hall–Kier alpha value is -3.25. The van der Waals surface area contributed by atoms with Crippen LogP contribution in [0.25, 0.3) is 16.6 Å². The Balaban J connectivity index is 1.82. The van der Waals surface area contributed by atoms with Crippen LogP contribution in [-0.2, 0) is 4.79 Å². The van der Waals surface area contributed by atoms with Crippen LogP contribution in [0.2, 0.25) is 0 Å². The number of amides is 1. The summed E-state index contributed by atoms with van der Waals surface area (Å²) in [5.74, 6) is -1.66. The van der Waals surface area contributed by atoms with E-state index in [0.717, 1.165) is 10.6 Å². The lowest BCUT2D eigenvalue weighted by Crippen LogP contribution is -2.27. The van der Waals surface area contributed by atoms with Crippen LogP contribution in [0.5, 0.6) is 0 Å².